The van der Waals surface area contributed by atoms with E-state index in [1.165, 1.54) is 6.07 Å². The van der Waals surface area contributed by atoms with Crippen LogP contribution in [-0.4, -0.2) is 15.0 Å². The smallest absolute Gasteiger partial charge is 0.240 e. The number of thiophene rings is 1. The Morgan fingerprint density at radius 2 is 2.11 bits per heavy atom. The van der Waals surface area contributed by atoms with Gasteiger partial charge < -0.3 is 5.73 Å². The molecule has 0 unspecified atom stereocenters. The maximum atomic E-state index is 12.2. The summed E-state index contributed by atoms with van der Waals surface area (Å²) < 4.78 is 26.9. The minimum absolute atomic E-state index is 0.249. The number of nitrogens with one attached hydrogen (secondary N) is 1. The number of aryl methyl sites for hydroxylation is 1. The van der Waals surface area contributed by atoms with Crippen molar-refractivity contribution in [3.8, 4) is 0 Å². The molecule has 3 N–H and O–H groups in total. The Morgan fingerprint density at radius 3 is 2.79 bits per heavy atom. The summed E-state index contributed by atoms with van der Waals surface area (Å²) in [6.45, 7) is 2.14. The van der Waals surface area contributed by atoms with Gasteiger partial charge in [-0.1, -0.05) is 12.1 Å². The monoisotopic (exact) mass is 296 g/mol. The van der Waals surface area contributed by atoms with Crippen LogP contribution in [0.5, 0.6) is 0 Å². The van der Waals surface area contributed by atoms with Crippen LogP contribution in [0, 0.1) is 6.92 Å². The molecule has 0 saturated carbocycles. The van der Waals surface area contributed by atoms with Crippen LogP contribution in [0.2, 0.25) is 0 Å². The van der Waals surface area contributed by atoms with Gasteiger partial charge in [0.2, 0.25) is 10.0 Å². The predicted octanol–water partition coefficient (Wildman–Crippen LogP) is 2.16. The molecule has 0 atom stereocenters. The summed E-state index contributed by atoms with van der Waals surface area (Å²) in [5.41, 5.74) is 6.78. The quantitative estimate of drug-likeness (QED) is 0.831. The Kier molecular flexibility index (Phi) is 4.24. The van der Waals surface area contributed by atoms with Crippen molar-refractivity contribution < 1.29 is 8.42 Å². The summed E-state index contributed by atoms with van der Waals surface area (Å²) >= 11 is 1.62. The van der Waals surface area contributed by atoms with Crippen LogP contribution in [0.1, 0.15) is 10.4 Å². The van der Waals surface area contributed by atoms with Gasteiger partial charge in [-0.2, -0.15) is 0 Å². The third-order valence-corrected chi connectivity index (χ3v) is 5.28. The Morgan fingerprint density at radius 1 is 1.32 bits per heavy atom. The molecule has 0 saturated heterocycles. The molecule has 2 rings (SSSR count). The molecule has 0 spiro atoms. The SMILES string of the molecule is Cc1ccc(N)cc1S(=O)(=O)NCCc1cccs1. The van der Waals surface area contributed by atoms with Crippen LogP contribution >= 0.6 is 11.3 Å². The third kappa shape index (κ3) is 3.56. The number of sulfonamides is 1. The van der Waals surface area contributed by atoms with E-state index in [1.54, 1.807) is 30.4 Å². The molecule has 19 heavy (non-hydrogen) atoms. The standard InChI is InChI=1S/C13H16N2O2S2/c1-10-4-5-11(14)9-13(10)19(16,17)15-7-6-12-3-2-8-18-12/h2-5,8-9,15H,6-7,14H2,1H3. The van der Waals surface area contributed by atoms with E-state index in [2.05, 4.69) is 4.72 Å². The lowest BCUT2D eigenvalue weighted by molar-refractivity contribution is 0.581. The van der Waals surface area contributed by atoms with Gasteiger partial charge in [0.15, 0.2) is 0 Å². The van der Waals surface area contributed by atoms with E-state index in [1.807, 2.05) is 17.5 Å². The van der Waals surface area contributed by atoms with Crippen molar-refractivity contribution in [1.29, 1.82) is 0 Å². The van der Waals surface area contributed by atoms with Gasteiger partial charge >= 0.3 is 0 Å². The van der Waals surface area contributed by atoms with E-state index in [4.69, 9.17) is 5.73 Å². The fourth-order valence-corrected chi connectivity index (χ4v) is 3.77. The second kappa shape index (κ2) is 5.73. The summed E-state index contributed by atoms with van der Waals surface area (Å²) in [4.78, 5) is 1.41. The third-order valence-electron chi connectivity index (χ3n) is 2.75. The van der Waals surface area contributed by atoms with E-state index in [9.17, 15) is 8.42 Å². The van der Waals surface area contributed by atoms with E-state index in [-0.39, 0.29) is 4.90 Å². The van der Waals surface area contributed by atoms with Crippen molar-refractivity contribution in [1.82, 2.24) is 4.72 Å². The van der Waals surface area contributed by atoms with Crippen LogP contribution < -0.4 is 10.5 Å². The molecule has 0 fully saturated rings. The molecule has 1 aromatic heterocycles. The number of hydrogen-bond acceptors (Lipinski definition) is 4. The molecule has 0 radical (unpaired) electrons. The van der Waals surface area contributed by atoms with Crippen LogP contribution in [0.25, 0.3) is 0 Å². The van der Waals surface area contributed by atoms with E-state index in [0.717, 1.165) is 4.88 Å². The Labute approximate surface area is 117 Å². The fourth-order valence-electron chi connectivity index (χ4n) is 1.75. The lowest BCUT2D eigenvalue weighted by Gasteiger charge is -2.09. The minimum Gasteiger partial charge on any atom is -0.399 e. The summed E-state index contributed by atoms with van der Waals surface area (Å²) in [5, 5.41) is 1.98. The molecule has 4 nitrogen and oxygen atoms in total. The summed E-state index contributed by atoms with van der Waals surface area (Å²) in [5.74, 6) is 0. The Balaban J connectivity index is 2.07. The highest BCUT2D eigenvalue weighted by Gasteiger charge is 2.16. The summed E-state index contributed by atoms with van der Waals surface area (Å²) in [6, 6.07) is 8.84. The molecule has 2 aromatic rings. The molecule has 0 aliphatic heterocycles. The second-order valence-electron chi connectivity index (χ2n) is 4.25. The largest absolute Gasteiger partial charge is 0.399 e. The summed E-state index contributed by atoms with van der Waals surface area (Å²) in [7, 11) is -3.49. The Hall–Kier alpha value is -1.37. The number of anilines is 1. The number of nitrogen functional groups attached to an aromatic ring is 1. The van der Waals surface area contributed by atoms with Crippen LogP contribution in [-0.2, 0) is 16.4 Å². The van der Waals surface area contributed by atoms with Crippen molar-refractivity contribution in [3.63, 3.8) is 0 Å². The zero-order valence-electron chi connectivity index (χ0n) is 10.6. The van der Waals surface area contributed by atoms with Gasteiger partial charge in [0.05, 0.1) is 4.90 Å². The maximum Gasteiger partial charge on any atom is 0.240 e. The predicted molar refractivity (Wildman–Crippen MR) is 78.8 cm³/mol. The highest BCUT2D eigenvalue weighted by molar-refractivity contribution is 7.89. The van der Waals surface area contributed by atoms with Gasteiger partial charge in [0, 0.05) is 17.1 Å². The van der Waals surface area contributed by atoms with Gasteiger partial charge in [0.25, 0.3) is 0 Å². The molecule has 102 valence electrons. The second-order valence-corrected chi connectivity index (χ2v) is 7.02. The molecule has 0 amide bonds. The Bertz CT molecular complexity index is 649. The zero-order chi connectivity index (χ0) is 13.9. The van der Waals surface area contributed by atoms with Gasteiger partial charge in [-0.3, -0.25) is 0 Å². The first kappa shape index (κ1) is 14.0. The molecule has 6 heteroatoms. The first-order chi connectivity index (χ1) is 8.99. The number of benzene rings is 1. The van der Waals surface area contributed by atoms with Crippen molar-refractivity contribution in [3.05, 3.63) is 46.2 Å². The van der Waals surface area contributed by atoms with Crippen molar-refractivity contribution in [2.75, 3.05) is 12.3 Å². The van der Waals surface area contributed by atoms with Crippen molar-refractivity contribution in [2.45, 2.75) is 18.2 Å². The van der Waals surface area contributed by atoms with E-state index < -0.39 is 10.0 Å². The first-order valence-corrected chi connectivity index (χ1v) is 8.23. The van der Waals surface area contributed by atoms with Gasteiger partial charge in [-0.25, -0.2) is 13.1 Å². The summed E-state index contributed by atoms with van der Waals surface area (Å²) in [6.07, 6.45) is 0.693. The van der Waals surface area contributed by atoms with Crippen molar-refractivity contribution in [2.24, 2.45) is 0 Å². The molecular formula is C13H16N2O2S2. The van der Waals surface area contributed by atoms with E-state index in [0.29, 0.717) is 24.2 Å². The van der Waals surface area contributed by atoms with Gasteiger partial charge in [0.1, 0.15) is 0 Å². The molecule has 0 aliphatic carbocycles. The van der Waals surface area contributed by atoms with Crippen LogP contribution in [0.3, 0.4) is 0 Å². The van der Waals surface area contributed by atoms with Gasteiger partial charge in [-0.15, -0.1) is 11.3 Å². The molecule has 0 aliphatic rings. The topological polar surface area (TPSA) is 72.2 Å². The lowest BCUT2D eigenvalue weighted by atomic mass is 10.2. The van der Waals surface area contributed by atoms with Crippen LogP contribution in [0.4, 0.5) is 5.69 Å². The molecule has 0 bridgehead atoms. The zero-order valence-corrected chi connectivity index (χ0v) is 12.2. The maximum absolute atomic E-state index is 12.2. The molecule has 1 aromatic carbocycles. The number of hydrogen-bond donors (Lipinski definition) is 2. The van der Waals surface area contributed by atoms with Crippen molar-refractivity contribution >= 4 is 27.0 Å². The highest BCUT2D eigenvalue weighted by Crippen LogP contribution is 2.18. The number of nitrogens with two attached hydrogens (primary N) is 1. The highest BCUT2D eigenvalue weighted by atomic mass is 32.2. The molecular weight excluding hydrogens is 280 g/mol. The van der Waals surface area contributed by atoms with Gasteiger partial charge in [-0.05, 0) is 42.5 Å². The van der Waals surface area contributed by atoms with Crippen LogP contribution in [0.15, 0.2) is 40.6 Å². The average molecular weight is 296 g/mol. The molecule has 1 heterocycles. The normalized spacial score (nSPS) is 11.6. The average Bonchev–Trinajstić information content (AvgIpc) is 2.85. The lowest BCUT2D eigenvalue weighted by Crippen LogP contribution is -2.26. The fraction of sp³-hybridized carbons (Fsp3) is 0.231. The van der Waals surface area contributed by atoms with E-state index >= 15 is 0 Å². The first-order valence-electron chi connectivity index (χ1n) is 5.87. The number of rotatable bonds is 5. The minimum atomic E-state index is -3.49.